The number of hydrogen-bond donors (Lipinski definition) is 2. The highest BCUT2D eigenvalue weighted by Gasteiger charge is 2.25. The van der Waals surface area contributed by atoms with Crippen LogP contribution in [0.25, 0.3) is 10.9 Å². The molecule has 28 heavy (non-hydrogen) atoms. The maximum absolute atomic E-state index is 14.1. The van der Waals surface area contributed by atoms with Crippen LogP contribution in [0.5, 0.6) is 0 Å². The van der Waals surface area contributed by atoms with Gasteiger partial charge < -0.3 is 10.3 Å². The molecule has 0 aliphatic carbocycles. The molecule has 0 fully saturated rings. The second kappa shape index (κ2) is 8.06. The molecule has 0 aliphatic rings. The molecular weight excluding hydrogens is 367 g/mol. The monoisotopic (exact) mass is 389 g/mol. The lowest BCUT2D eigenvalue weighted by Gasteiger charge is -2.24. The van der Waals surface area contributed by atoms with Gasteiger partial charge in [0.2, 0.25) is 5.91 Å². The van der Waals surface area contributed by atoms with Crippen LogP contribution < -0.4 is 5.32 Å². The summed E-state index contributed by atoms with van der Waals surface area (Å²) in [6.07, 6.45) is 0.387. The molecule has 2 aromatic carbocycles. The SMILES string of the molecule is Cc1[nH]c2c(F)cc(F)cc2c1CCNC(=O)C(c1ccccc1F)N(C)C. The summed E-state index contributed by atoms with van der Waals surface area (Å²) in [5.41, 5.74) is 1.99. The second-order valence-corrected chi connectivity index (χ2v) is 6.97. The van der Waals surface area contributed by atoms with Crippen LogP contribution >= 0.6 is 0 Å². The van der Waals surface area contributed by atoms with Gasteiger partial charge in [0, 0.05) is 29.3 Å². The van der Waals surface area contributed by atoms with Crippen molar-refractivity contribution in [3.8, 4) is 0 Å². The molecule has 3 rings (SSSR count). The van der Waals surface area contributed by atoms with E-state index in [1.54, 1.807) is 44.1 Å². The number of H-pyrrole nitrogens is 1. The van der Waals surface area contributed by atoms with Gasteiger partial charge in [0.1, 0.15) is 23.5 Å². The molecule has 0 bridgehead atoms. The first kappa shape index (κ1) is 19.9. The number of hydrogen-bond acceptors (Lipinski definition) is 2. The van der Waals surface area contributed by atoms with Crippen molar-refractivity contribution in [3.05, 3.63) is 70.7 Å². The Kier molecular flexibility index (Phi) is 5.74. The minimum absolute atomic E-state index is 0.248. The lowest BCUT2D eigenvalue weighted by atomic mass is 10.0. The maximum Gasteiger partial charge on any atom is 0.242 e. The first-order valence-electron chi connectivity index (χ1n) is 8.94. The topological polar surface area (TPSA) is 48.1 Å². The van der Waals surface area contributed by atoms with Gasteiger partial charge in [-0.3, -0.25) is 9.69 Å². The van der Waals surface area contributed by atoms with Gasteiger partial charge in [-0.1, -0.05) is 18.2 Å². The maximum atomic E-state index is 14.1. The second-order valence-electron chi connectivity index (χ2n) is 6.97. The molecule has 1 aromatic heterocycles. The number of nitrogens with zero attached hydrogens (tertiary/aromatic N) is 1. The number of rotatable bonds is 6. The van der Waals surface area contributed by atoms with E-state index in [2.05, 4.69) is 10.3 Å². The number of amides is 1. The van der Waals surface area contributed by atoms with Crippen LogP contribution in [-0.4, -0.2) is 36.4 Å². The summed E-state index contributed by atoms with van der Waals surface area (Å²) in [4.78, 5) is 17.2. The van der Waals surface area contributed by atoms with E-state index in [1.165, 1.54) is 12.1 Å². The average Bonchev–Trinajstić information content (AvgIpc) is 2.93. The quantitative estimate of drug-likeness (QED) is 0.673. The summed E-state index contributed by atoms with van der Waals surface area (Å²) in [6.45, 7) is 2.03. The fourth-order valence-corrected chi connectivity index (χ4v) is 3.48. The molecule has 0 aliphatic heterocycles. The van der Waals surface area contributed by atoms with Crippen LogP contribution in [0.4, 0.5) is 13.2 Å². The van der Waals surface area contributed by atoms with E-state index in [9.17, 15) is 18.0 Å². The first-order valence-corrected chi connectivity index (χ1v) is 8.94. The van der Waals surface area contributed by atoms with Gasteiger partial charge in [0.25, 0.3) is 0 Å². The molecule has 7 heteroatoms. The number of benzene rings is 2. The van der Waals surface area contributed by atoms with Crippen molar-refractivity contribution in [2.75, 3.05) is 20.6 Å². The summed E-state index contributed by atoms with van der Waals surface area (Å²) < 4.78 is 41.6. The number of aromatic amines is 1. The van der Waals surface area contributed by atoms with Crippen LogP contribution in [0.15, 0.2) is 36.4 Å². The van der Waals surface area contributed by atoms with Crippen molar-refractivity contribution in [2.24, 2.45) is 0 Å². The lowest BCUT2D eigenvalue weighted by Crippen LogP contribution is -2.38. The molecule has 0 saturated carbocycles. The number of carbonyl (C=O) groups excluding carboxylic acids is 1. The van der Waals surface area contributed by atoms with Gasteiger partial charge in [-0.25, -0.2) is 13.2 Å². The highest BCUT2D eigenvalue weighted by molar-refractivity contribution is 5.86. The highest BCUT2D eigenvalue weighted by atomic mass is 19.1. The number of likely N-dealkylation sites (N-methyl/N-ethyl adjacent to an activating group) is 1. The Morgan fingerprint density at radius 3 is 2.54 bits per heavy atom. The molecule has 0 spiro atoms. The van der Waals surface area contributed by atoms with Crippen molar-refractivity contribution in [1.29, 1.82) is 0 Å². The van der Waals surface area contributed by atoms with Crippen LogP contribution in [0, 0.1) is 24.4 Å². The molecule has 2 N–H and O–H groups in total. The molecule has 4 nitrogen and oxygen atoms in total. The van der Waals surface area contributed by atoms with Crippen LogP contribution in [0.3, 0.4) is 0 Å². The summed E-state index contributed by atoms with van der Waals surface area (Å²) in [5, 5.41) is 3.26. The third-order valence-corrected chi connectivity index (χ3v) is 4.78. The summed E-state index contributed by atoms with van der Waals surface area (Å²) in [6, 6.07) is 7.48. The van der Waals surface area contributed by atoms with Crippen molar-refractivity contribution in [1.82, 2.24) is 15.2 Å². The molecule has 148 valence electrons. The summed E-state index contributed by atoms with van der Waals surface area (Å²) >= 11 is 0. The summed E-state index contributed by atoms with van der Waals surface area (Å²) in [7, 11) is 3.40. The van der Waals surface area contributed by atoms with E-state index in [1.807, 2.05) is 0 Å². The standard InChI is InChI=1S/C21H22F3N3O/c1-12-14(16-10-13(22)11-18(24)19(16)26-12)8-9-25-21(28)20(27(2)3)15-6-4-5-7-17(15)23/h4-7,10-11,20,26H,8-9H2,1-3H3,(H,25,28). The third kappa shape index (κ3) is 3.89. The summed E-state index contributed by atoms with van der Waals surface area (Å²) in [5.74, 6) is -2.10. The van der Waals surface area contributed by atoms with Gasteiger partial charge in [-0.15, -0.1) is 0 Å². The highest BCUT2D eigenvalue weighted by Crippen LogP contribution is 2.26. The Balaban J connectivity index is 1.76. The van der Waals surface area contributed by atoms with E-state index in [0.29, 0.717) is 17.5 Å². The Bertz CT molecular complexity index is 1010. The van der Waals surface area contributed by atoms with Gasteiger partial charge >= 0.3 is 0 Å². The van der Waals surface area contributed by atoms with Gasteiger partial charge in [0.05, 0.1) is 5.52 Å². The van der Waals surface area contributed by atoms with E-state index < -0.39 is 23.5 Å². The zero-order valence-electron chi connectivity index (χ0n) is 15.9. The number of carbonyl (C=O) groups is 1. The smallest absolute Gasteiger partial charge is 0.242 e. The molecule has 0 saturated heterocycles. The van der Waals surface area contributed by atoms with E-state index in [-0.39, 0.29) is 23.5 Å². The zero-order chi connectivity index (χ0) is 20.4. The first-order chi connectivity index (χ1) is 13.3. The third-order valence-electron chi connectivity index (χ3n) is 4.78. The van der Waals surface area contributed by atoms with Crippen molar-refractivity contribution >= 4 is 16.8 Å². The number of aromatic nitrogens is 1. The van der Waals surface area contributed by atoms with Gasteiger partial charge in [0.15, 0.2) is 0 Å². The van der Waals surface area contributed by atoms with Crippen LogP contribution in [0.2, 0.25) is 0 Å². The zero-order valence-corrected chi connectivity index (χ0v) is 15.9. The van der Waals surface area contributed by atoms with Crippen molar-refractivity contribution in [2.45, 2.75) is 19.4 Å². The van der Waals surface area contributed by atoms with Gasteiger partial charge in [-0.05, 0) is 45.1 Å². The molecule has 0 radical (unpaired) electrons. The Morgan fingerprint density at radius 1 is 1.14 bits per heavy atom. The molecule has 1 atom stereocenters. The predicted molar refractivity (Wildman–Crippen MR) is 102 cm³/mol. The van der Waals surface area contributed by atoms with Crippen LogP contribution in [0.1, 0.15) is 22.9 Å². The van der Waals surface area contributed by atoms with E-state index in [4.69, 9.17) is 0 Å². The fourth-order valence-electron chi connectivity index (χ4n) is 3.48. The minimum Gasteiger partial charge on any atom is -0.356 e. The molecule has 3 aromatic rings. The average molecular weight is 389 g/mol. The van der Waals surface area contributed by atoms with Crippen molar-refractivity contribution in [3.63, 3.8) is 0 Å². The van der Waals surface area contributed by atoms with Gasteiger partial charge in [-0.2, -0.15) is 0 Å². The van der Waals surface area contributed by atoms with E-state index >= 15 is 0 Å². The minimum atomic E-state index is -0.778. The number of halogens is 3. The Morgan fingerprint density at radius 2 is 1.86 bits per heavy atom. The number of aryl methyl sites for hydroxylation is 1. The lowest BCUT2D eigenvalue weighted by molar-refractivity contribution is -0.125. The Labute approximate surface area is 161 Å². The van der Waals surface area contributed by atoms with Crippen molar-refractivity contribution < 1.29 is 18.0 Å². The largest absolute Gasteiger partial charge is 0.356 e. The molecule has 1 unspecified atom stereocenters. The number of fused-ring (bicyclic) bond motifs is 1. The fraction of sp³-hybridized carbons (Fsp3) is 0.286. The van der Waals surface area contributed by atoms with E-state index in [0.717, 1.165) is 11.6 Å². The molecule has 1 amide bonds. The molecule has 1 heterocycles. The Hall–Kier alpha value is -2.80. The number of nitrogens with one attached hydrogen (secondary N) is 2. The molecular formula is C21H22F3N3O. The van der Waals surface area contributed by atoms with Crippen LogP contribution in [-0.2, 0) is 11.2 Å². The normalized spacial score (nSPS) is 12.5. The predicted octanol–water partition coefficient (Wildman–Crippen LogP) is 3.86.